The van der Waals surface area contributed by atoms with Crippen LogP contribution in [0.1, 0.15) is 46.5 Å². The van der Waals surface area contributed by atoms with E-state index in [1.807, 2.05) is 0 Å². The number of carbonyl (C=O) groups is 1. The SMILES string of the molecule is C=CCNC1(C(=O)OC)CCCCC1C(C)(C)C. The molecule has 3 nitrogen and oxygen atoms in total. The van der Waals surface area contributed by atoms with Crippen LogP contribution in [0.25, 0.3) is 0 Å². The molecule has 2 unspecified atom stereocenters. The Labute approximate surface area is 111 Å². The number of methoxy groups -OCH3 is 1. The summed E-state index contributed by atoms with van der Waals surface area (Å²) in [5.74, 6) is 0.176. The van der Waals surface area contributed by atoms with Crippen LogP contribution in [0, 0.1) is 11.3 Å². The minimum Gasteiger partial charge on any atom is -0.468 e. The van der Waals surface area contributed by atoms with Crippen molar-refractivity contribution < 1.29 is 9.53 Å². The largest absolute Gasteiger partial charge is 0.468 e. The Bertz CT molecular complexity index is 306. The fourth-order valence-corrected chi connectivity index (χ4v) is 3.31. The predicted octanol–water partition coefficient (Wildman–Crippen LogP) is 2.91. The lowest BCUT2D eigenvalue weighted by molar-refractivity contribution is -0.156. The third-order valence-corrected chi connectivity index (χ3v) is 4.07. The van der Waals surface area contributed by atoms with Gasteiger partial charge in [-0.15, -0.1) is 6.58 Å². The van der Waals surface area contributed by atoms with E-state index in [1.54, 1.807) is 6.08 Å². The van der Waals surface area contributed by atoms with Crippen molar-refractivity contribution in [1.82, 2.24) is 5.32 Å². The van der Waals surface area contributed by atoms with Crippen LogP contribution in [0.3, 0.4) is 0 Å². The van der Waals surface area contributed by atoms with Gasteiger partial charge in [0.25, 0.3) is 0 Å². The lowest BCUT2D eigenvalue weighted by atomic mass is 9.62. The molecule has 0 bridgehead atoms. The van der Waals surface area contributed by atoms with Crippen molar-refractivity contribution in [3.8, 4) is 0 Å². The monoisotopic (exact) mass is 253 g/mol. The summed E-state index contributed by atoms with van der Waals surface area (Å²) in [5.41, 5.74) is -0.456. The maximum Gasteiger partial charge on any atom is 0.326 e. The zero-order valence-electron chi connectivity index (χ0n) is 12.2. The van der Waals surface area contributed by atoms with Gasteiger partial charge in [-0.1, -0.05) is 39.7 Å². The first-order chi connectivity index (χ1) is 8.38. The van der Waals surface area contributed by atoms with Crippen LogP contribution in [0.5, 0.6) is 0 Å². The van der Waals surface area contributed by atoms with Gasteiger partial charge in [0, 0.05) is 6.54 Å². The van der Waals surface area contributed by atoms with E-state index < -0.39 is 5.54 Å². The summed E-state index contributed by atoms with van der Waals surface area (Å²) in [5, 5.41) is 3.40. The van der Waals surface area contributed by atoms with Gasteiger partial charge in [-0.05, 0) is 24.2 Å². The molecule has 0 radical (unpaired) electrons. The van der Waals surface area contributed by atoms with Crippen molar-refractivity contribution in [1.29, 1.82) is 0 Å². The number of esters is 1. The Hall–Kier alpha value is -0.830. The van der Waals surface area contributed by atoms with E-state index in [4.69, 9.17) is 4.74 Å². The first-order valence-corrected chi connectivity index (χ1v) is 6.83. The van der Waals surface area contributed by atoms with E-state index >= 15 is 0 Å². The fraction of sp³-hybridized carbons (Fsp3) is 0.800. The van der Waals surface area contributed by atoms with Gasteiger partial charge in [0.15, 0.2) is 0 Å². The second-order valence-corrected chi connectivity index (χ2v) is 6.30. The third kappa shape index (κ3) is 2.94. The first kappa shape index (κ1) is 15.2. The van der Waals surface area contributed by atoms with Gasteiger partial charge in [-0.2, -0.15) is 0 Å². The van der Waals surface area contributed by atoms with Crippen LogP contribution in [0.4, 0.5) is 0 Å². The molecule has 0 aliphatic heterocycles. The van der Waals surface area contributed by atoms with Gasteiger partial charge in [-0.3, -0.25) is 10.1 Å². The van der Waals surface area contributed by atoms with E-state index in [1.165, 1.54) is 13.5 Å². The average Bonchev–Trinajstić information content (AvgIpc) is 2.34. The van der Waals surface area contributed by atoms with E-state index in [-0.39, 0.29) is 11.4 Å². The van der Waals surface area contributed by atoms with E-state index in [0.29, 0.717) is 12.5 Å². The van der Waals surface area contributed by atoms with Crippen LogP contribution in [0.2, 0.25) is 0 Å². The molecule has 1 fully saturated rings. The summed E-state index contributed by atoms with van der Waals surface area (Å²) < 4.78 is 5.08. The summed E-state index contributed by atoms with van der Waals surface area (Å²) in [7, 11) is 1.48. The lowest BCUT2D eigenvalue weighted by Crippen LogP contribution is -2.62. The van der Waals surface area contributed by atoms with Crippen molar-refractivity contribution in [2.45, 2.75) is 52.0 Å². The highest BCUT2D eigenvalue weighted by Gasteiger charge is 2.51. The Morgan fingerprint density at radius 3 is 2.67 bits per heavy atom. The van der Waals surface area contributed by atoms with E-state index in [9.17, 15) is 4.79 Å². The lowest BCUT2D eigenvalue weighted by Gasteiger charge is -2.48. The molecule has 0 aromatic rings. The van der Waals surface area contributed by atoms with Crippen molar-refractivity contribution in [2.75, 3.05) is 13.7 Å². The van der Waals surface area contributed by atoms with Crippen molar-refractivity contribution in [2.24, 2.45) is 11.3 Å². The molecule has 1 rings (SSSR count). The van der Waals surface area contributed by atoms with E-state index in [0.717, 1.165) is 19.3 Å². The average molecular weight is 253 g/mol. The Morgan fingerprint density at radius 2 is 2.17 bits per heavy atom. The van der Waals surface area contributed by atoms with Gasteiger partial charge in [-0.25, -0.2) is 0 Å². The summed E-state index contributed by atoms with van der Waals surface area (Å²) >= 11 is 0. The Balaban J connectivity index is 3.09. The molecule has 0 aromatic heterocycles. The van der Waals surface area contributed by atoms with Crippen LogP contribution in [0.15, 0.2) is 12.7 Å². The molecule has 0 amide bonds. The highest BCUT2D eigenvalue weighted by Crippen LogP contribution is 2.45. The van der Waals surface area contributed by atoms with Crippen molar-refractivity contribution >= 4 is 5.97 Å². The smallest absolute Gasteiger partial charge is 0.326 e. The first-order valence-electron chi connectivity index (χ1n) is 6.83. The summed E-state index contributed by atoms with van der Waals surface area (Å²) in [4.78, 5) is 12.3. The van der Waals surface area contributed by atoms with E-state index in [2.05, 4.69) is 32.7 Å². The number of nitrogens with one attached hydrogen (secondary N) is 1. The third-order valence-electron chi connectivity index (χ3n) is 4.07. The Morgan fingerprint density at radius 1 is 1.50 bits per heavy atom. The van der Waals surface area contributed by atoms with Crippen molar-refractivity contribution in [3.63, 3.8) is 0 Å². The van der Waals surface area contributed by atoms with Crippen LogP contribution in [-0.2, 0) is 9.53 Å². The standard InChI is InChI=1S/C15H27NO2/c1-6-11-16-15(13(17)18-5)10-8-7-9-12(15)14(2,3)4/h6,12,16H,1,7-11H2,2-5H3. The molecular formula is C15H27NO2. The maximum atomic E-state index is 12.3. The Kier molecular flexibility index (Phi) is 4.97. The second-order valence-electron chi connectivity index (χ2n) is 6.30. The topological polar surface area (TPSA) is 38.3 Å². The molecule has 1 aliphatic rings. The minimum absolute atomic E-state index is 0.0861. The molecule has 1 saturated carbocycles. The maximum absolute atomic E-state index is 12.3. The summed E-state index contributed by atoms with van der Waals surface area (Å²) in [6.07, 6.45) is 6.00. The van der Waals surface area contributed by atoms with Gasteiger partial charge >= 0.3 is 5.97 Å². The molecule has 0 heterocycles. The summed E-state index contributed by atoms with van der Waals surface area (Å²) in [6.45, 7) is 11.0. The molecule has 0 aromatic carbocycles. The molecule has 18 heavy (non-hydrogen) atoms. The minimum atomic E-state index is -0.542. The van der Waals surface area contributed by atoms with Crippen LogP contribution in [-0.4, -0.2) is 25.2 Å². The number of carbonyl (C=O) groups excluding carboxylic acids is 1. The summed E-state index contributed by atoms with van der Waals surface area (Å²) in [6, 6.07) is 0. The number of rotatable bonds is 4. The number of hydrogen-bond acceptors (Lipinski definition) is 3. The van der Waals surface area contributed by atoms with Crippen LogP contribution < -0.4 is 5.32 Å². The van der Waals surface area contributed by atoms with Gasteiger partial charge in [0.1, 0.15) is 5.54 Å². The molecule has 1 aliphatic carbocycles. The molecule has 3 heteroatoms. The molecule has 2 atom stereocenters. The molecular weight excluding hydrogens is 226 g/mol. The quantitative estimate of drug-likeness (QED) is 0.618. The second kappa shape index (κ2) is 5.87. The molecule has 0 saturated heterocycles. The number of ether oxygens (including phenoxy) is 1. The normalized spacial score (nSPS) is 28.8. The van der Waals surface area contributed by atoms with Gasteiger partial charge in [0.2, 0.25) is 0 Å². The highest BCUT2D eigenvalue weighted by molar-refractivity contribution is 5.81. The fourth-order valence-electron chi connectivity index (χ4n) is 3.31. The van der Waals surface area contributed by atoms with Gasteiger partial charge in [0.05, 0.1) is 7.11 Å². The van der Waals surface area contributed by atoms with Crippen molar-refractivity contribution in [3.05, 3.63) is 12.7 Å². The zero-order chi connectivity index (χ0) is 13.8. The predicted molar refractivity (Wildman–Crippen MR) is 74.4 cm³/mol. The molecule has 0 spiro atoms. The molecule has 1 N–H and O–H groups in total. The van der Waals surface area contributed by atoms with Gasteiger partial charge < -0.3 is 4.74 Å². The molecule has 104 valence electrons. The number of hydrogen-bond donors (Lipinski definition) is 1. The van der Waals surface area contributed by atoms with Crippen LogP contribution >= 0.6 is 0 Å². The zero-order valence-corrected chi connectivity index (χ0v) is 12.2. The highest BCUT2D eigenvalue weighted by atomic mass is 16.5.